The van der Waals surface area contributed by atoms with Crippen molar-refractivity contribution in [2.24, 2.45) is 0 Å². The van der Waals surface area contributed by atoms with E-state index in [4.69, 9.17) is 18.1 Å². The van der Waals surface area contributed by atoms with Crippen LogP contribution in [0.3, 0.4) is 0 Å². The molecule has 5 heteroatoms. The first-order chi connectivity index (χ1) is 19.8. The van der Waals surface area contributed by atoms with Crippen LogP contribution in [0.4, 0.5) is 0 Å². The summed E-state index contributed by atoms with van der Waals surface area (Å²) in [6.45, 7) is 8.34. The van der Waals surface area contributed by atoms with Gasteiger partial charge >= 0.3 is 7.12 Å². The topological polar surface area (TPSA) is 44.7 Å². The highest BCUT2D eigenvalue weighted by Gasteiger charge is 2.51. The lowest BCUT2D eigenvalue weighted by molar-refractivity contribution is 0.00578. The minimum Gasteiger partial charge on any atom is -0.456 e. The van der Waals surface area contributed by atoms with E-state index in [0.29, 0.717) is 0 Å². The van der Waals surface area contributed by atoms with Gasteiger partial charge in [0.2, 0.25) is 0 Å². The predicted octanol–water partition coefficient (Wildman–Crippen LogP) is 9.12. The van der Waals surface area contributed by atoms with Crippen molar-refractivity contribution in [3.8, 4) is 22.3 Å². The normalized spacial score (nSPS) is 16.4. The van der Waals surface area contributed by atoms with E-state index in [9.17, 15) is 0 Å². The van der Waals surface area contributed by atoms with Gasteiger partial charge in [-0.15, -0.1) is 0 Å². The zero-order chi connectivity index (χ0) is 27.9. The molecule has 3 heterocycles. The second kappa shape index (κ2) is 8.59. The summed E-state index contributed by atoms with van der Waals surface area (Å²) in [5.74, 6) is 0. The molecule has 7 aromatic rings. The largest absolute Gasteiger partial charge is 0.494 e. The Morgan fingerprint density at radius 3 is 1.37 bits per heavy atom. The molecule has 0 N–H and O–H groups in total. The van der Waals surface area contributed by atoms with E-state index in [0.717, 1.165) is 71.6 Å². The summed E-state index contributed by atoms with van der Waals surface area (Å²) in [4.78, 5) is 0. The zero-order valence-electron chi connectivity index (χ0n) is 23.5. The van der Waals surface area contributed by atoms with Gasteiger partial charge < -0.3 is 18.1 Å². The highest BCUT2D eigenvalue weighted by Crippen LogP contribution is 2.39. The fourth-order valence-corrected chi connectivity index (χ4v) is 5.91. The Bertz CT molecular complexity index is 1980. The molecule has 41 heavy (non-hydrogen) atoms. The summed E-state index contributed by atoms with van der Waals surface area (Å²) < 4.78 is 25.4. The Hall–Kier alpha value is -4.32. The Morgan fingerprint density at radius 1 is 0.439 bits per heavy atom. The van der Waals surface area contributed by atoms with Gasteiger partial charge in [0.15, 0.2) is 0 Å². The monoisotopic (exact) mass is 536 g/mol. The van der Waals surface area contributed by atoms with Crippen LogP contribution in [0, 0.1) is 0 Å². The molecule has 5 aromatic carbocycles. The molecule has 4 nitrogen and oxygen atoms in total. The quantitative estimate of drug-likeness (QED) is 0.211. The maximum Gasteiger partial charge on any atom is 0.494 e. The van der Waals surface area contributed by atoms with Crippen LogP contribution in [0.1, 0.15) is 27.7 Å². The van der Waals surface area contributed by atoms with E-state index in [1.165, 1.54) is 0 Å². The second-order valence-electron chi connectivity index (χ2n) is 12.1. The highest BCUT2D eigenvalue weighted by atomic mass is 16.7. The van der Waals surface area contributed by atoms with Gasteiger partial charge in [0.05, 0.1) is 11.2 Å². The highest BCUT2D eigenvalue weighted by molar-refractivity contribution is 6.62. The average Bonchev–Trinajstić information content (AvgIpc) is 3.60. The number of benzene rings is 5. The first-order valence-corrected chi connectivity index (χ1v) is 14.1. The smallest absolute Gasteiger partial charge is 0.456 e. The number of hydrogen-bond donors (Lipinski definition) is 0. The van der Waals surface area contributed by atoms with Crippen molar-refractivity contribution in [3.63, 3.8) is 0 Å². The minimum atomic E-state index is -0.483. The van der Waals surface area contributed by atoms with Crippen molar-refractivity contribution in [2.45, 2.75) is 38.9 Å². The zero-order valence-corrected chi connectivity index (χ0v) is 23.5. The fourth-order valence-electron chi connectivity index (χ4n) is 5.91. The molecule has 0 spiro atoms. The molecule has 0 atom stereocenters. The molecular weight excluding hydrogens is 507 g/mol. The standard InChI is InChI=1S/C36H29BO4/c1-35(2)36(3,4)41-37(40-35)26-18-24(22-13-15-29-27-9-5-7-11-31(27)38-33(29)20-22)17-25(19-26)23-14-16-30-28-10-6-8-12-32(28)39-34(30)21-23/h5-21H,1-4H3. The van der Waals surface area contributed by atoms with Crippen LogP contribution < -0.4 is 5.46 Å². The Labute approximate surface area is 238 Å². The molecule has 8 rings (SSSR count). The van der Waals surface area contributed by atoms with Crippen molar-refractivity contribution < 1.29 is 18.1 Å². The Kier molecular flexibility index (Phi) is 5.13. The predicted molar refractivity (Wildman–Crippen MR) is 168 cm³/mol. The van der Waals surface area contributed by atoms with E-state index in [1.54, 1.807) is 0 Å². The van der Waals surface area contributed by atoms with Crippen LogP contribution in [0.25, 0.3) is 66.1 Å². The molecule has 0 bridgehead atoms. The van der Waals surface area contributed by atoms with Crippen LogP contribution in [0.5, 0.6) is 0 Å². The maximum atomic E-state index is 6.49. The van der Waals surface area contributed by atoms with Crippen molar-refractivity contribution in [3.05, 3.63) is 103 Å². The van der Waals surface area contributed by atoms with E-state index in [1.807, 2.05) is 36.4 Å². The number of hydrogen-bond acceptors (Lipinski definition) is 4. The Balaban J connectivity index is 1.30. The van der Waals surface area contributed by atoms with Crippen LogP contribution in [0.15, 0.2) is 112 Å². The Morgan fingerprint density at radius 2 is 0.878 bits per heavy atom. The molecule has 1 aliphatic rings. The van der Waals surface area contributed by atoms with Crippen molar-refractivity contribution >= 4 is 56.5 Å². The van der Waals surface area contributed by atoms with Gasteiger partial charge in [0, 0.05) is 21.5 Å². The molecule has 0 unspecified atom stereocenters. The van der Waals surface area contributed by atoms with Gasteiger partial charge in [0.1, 0.15) is 22.3 Å². The van der Waals surface area contributed by atoms with Crippen LogP contribution in [-0.4, -0.2) is 18.3 Å². The van der Waals surface area contributed by atoms with Crippen molar-refractivity contribution in [1.29, 1.82) is 0 Å². The maximum absolute atomic E-state index is 6.49. The first kappa shape index (κ1) is 24.5. The van der Waals surface area contributed by atoms with Crippen LogP contribution in [-0.2, 0) is 9.31 Å². The molecule has 0 radical (unpaired) electrons. The van der Waals surface area contributed by atoms with Gasteiger partial charge in [-0.1, -0.05) is 60.7 Å². The third-order valence-corrected chi connectivity index (χ3v) is 8.90. The number of furan rings is 2. The summed E-state index contributed by atoms with van der Waals surface area (Å²) in [6, 6.07) is 35.8. The average molecular weight is 536 g/mol. The molecule has 0 amide bonds. The molecule has 1 aliphatic heterocycles. The molecular formula is C36H29BO4. The molecule has 200 valence electrons. The van der Waals surface area contributed by atoms with Crippen LogP contribution in [0.2, 0.25) is 0 Å². The van der Waals surface area contributed by atoms with Crippen molar-refractivity contribution in [1.82, 2.24) is 0 Å². The molecule has 0 saturated carbocycles. The van der Waals surface area contributed by atoms with Gasteiger partial charge in [-0.2, -0.15) is 0 Å². The van der Waals surface area contributed by atoms with Gasteiger partial charge in [-0.3, -0.25) is 0 Å². The molecule has 1 fully saturated rings. The first-order valence-electron chi connectivity index (χ1n) is 14.1. The lowest BCUT2D eigenvalue weighted by Gasteiger charge is -2.32. The summed E-state index contributed by atoms with van der Waals surface area (Å²) in [6.07, 6.45) is 0. The van der Waals surface area contributed by atoms with Gasteiger partial charge in [-0.05, 0) is 97.9 Å². The fraction of sp³-hybridized carbons (Fsp3) is 0.167. The molecule has 1 saturated heterocycles. The lowest BCUT2D eigenvalue weighted by atomic mass is 9.76. The van der Waals surface area contributed by atoms with Crippen molar-refractivity contribution in [2.75, 3.05) is 0 Å². The van der Waals surface area contributed by atoms with Gasteiger partial charge in [-0.25, -0.2) is 0 Å². The summed E-state index contributed by atoms with van der Waals surface area (Å²) in [7, 11) is -0.483. The van der Waals surface area contributed by atoms with E-state index in [2.05, 4.69) is 94.4 Å². The van der Waals surface area contributed by atoms with E-state index < -0.39 is 18.3 Å². The molecule has 0 aliphatic carbocycles. The lowest BCUT2D eigenvalue weighted by Crippen LogP contribution is -2.41. The summed E-state index contributed by atoms with van der Waals surface area (Å²) in [5, 5.41) is 4.48. The van der Waals surface area contributed by atoms with Gasteiger partial charge in [0.25, 0.3) is 0 Å². The van der Waals surface area contributed by atoms with Crippen LogP contribution >= 0.6 is 0 Å². The third kappa shape index (κ3) is 3.84. The third-order valence-electron chi connectivity index (χ3n) is 8.90. The number of fused-ring (bicyclic) bond motifs is 6. The summed E-state index contributed by atoms with van der Waals surface area (Å²) in [5.41, 5.74) is 7.91. The minimum absolute atomic E-state index is 0.436. The number of para-hydroxylation sites is 2. The van der Waals surface area contributed by atoms with E-state index in [-0.39, 0.29) is 0 Å². The molecule has 2 aromatic heterocycles. The summed E-state index contributed by atoms with van der Waals surface area (Å²) >= 11 is 0. The SMILES string of the molecule is CC1(C)OB(c2cc(-c3ccc4c(c3)oc3ccccc34)cc(-c3ccc4c(c3)oc3ccccc34)c2)OC1(C)C. The van der Waals surface area contributed by atoms with E-state index >= 15 is 0 Å². The second-order valence-corrected chi connectivity index (χ2v) is 12.1. The number of rotatable bonds is 3.